The number of nitrogens with zero attached hydrogens (tertiary/aromatic N) is 1. The van der Waals surface area contributed by atoms with Gasteiger partial charge in [0.15, 0.2) is 11.5 Å². The summed E-state index contributed by atoms with van der Waals surface area (Å²) in [6, 6.07) is 16.4. The van der Waals surface area contributed by atoms with Crippen LogP contribution in [0.4, 0.5) is 5.69 Å². The number of allylic oxidation sites excluding steroid dienone is 1. The third-order valence-electron chi connectivity index (χ3n) is 5.16. The summed E-state index contributed by atoms with van der Waals surface area (Å²) in [6.45, 7) is 8.77. The number of anilines is 1. The maximum Gasteiger partial charge on any atom is 0.161 e. The van der Waals surface area contributed by atoms with Crippen LogP contribution in [-0.2, 0) is 6.42 Å². The molecule has 0 bridgehead atoms. The van der Waals surface area contributed by atoms with Gasteiger partial charge in [-0.1, -0.05) is 30.3 Å². The second-order valence-corrected chi connectivity index (χ2v) is 7.22. The van der Waals surface area contributed by atoms with Crippen molar-refractivity contribution in [3.05, 3.63) is 66.7 Å². The number of nitrogens with one attached hydrogen (secondary N) is 1. The SMILES string of the molecule is C=CCc1ccc(OC[C@@H](O)C[NH+]2CCN(c3ccccc3)CC2)c(OC)c1. The average molecular weight is 384 g/mol. The summed E-state index contributed by atoms with van der Waals surface area (Å²) in [5.41, 5.74) is 2.40. The molecule has 0 amide bonds. The molecule has 0 aromatic heterocycles. The van der Waals surface area contributed by atoms with Crippen molar-refractivity contribution in [2.24, 2.45) is 0 Å². The van der Waals surface area contributed by atoms with Gasteiger partial charge in [-0.05, 0) is 36.2 Å². The van der Waals surface area contributed by atoms with Crippen molar-refractivity contribution in [3.63, 3.8) is 0 Å². The van der Waals surface area contributed by atoms with E-state index in [2.05, 4.69) is 35.7 Å². The summed E-state index contributed by atoms with van der Waals surface area (Å²) in [5.74, 6) is 1.36. The van der Waals surface area contributed by atoms with Crippen molar-refractivity contribution in [2.45, 2.75) is 12.5 Å². The van der Waals surface area contributed by atoms with Gasteiger partial charge in [-0.2, -0.15) is 0 Å². The molecule has 0 radical (unpaired) electrons. The highest BCUT2D eigenvalue weighted by molar-refractivity contribution is 5.46. The molecular formula is C23H31N2O3+. The highest BCUT2D eigenvalue weighted by Gasteiger charge is 2.23. The fourth-order valence-electron chi connectivity index (χ4n) is 3.63. The number of aliphatic hydroxyl groups excluding tert-OH is 1. The molecule has 5 heteroatoms. The van der Waals surface area contributed by atoms with Crippen molar-refractivity contribution in [1.82, 2.24) is 0 Å². The van der Waals surface area contributed by atoms with Crippen molar-refractivity contribution < 1.29 is 19.5 Å². The van der Waals surface area contributed by atoms with Crippen molar-refractivity contribution in [1.29, 1.82) is 0 Å². The van der Waals surface area contributed by atoms with E-state index in [1.807, 2.05) is 30.3 Å². The van der Waals surface area contributed by atoms with Crippen molar-refractivity contribution in [2.75, 3.05) is 51.3 Å². The Morgan fingerprint density at radius 1 is 1.14 bits per heavy atom. The van der Waals surface area contributed by atoms with E-state index in [1.54, 1.807) is 7.11 Å². The van der Waals surface area contributed by atoms with Crippen LogP contribution in [0.25, 0.3) is 0 Å². The standard InChI is InChI=1S/C23H30N2O3/c1-3-7-19-10-11-22(23(16-19)27-2)28-18-21(26)17-24-12-14-25(15-13-24)20-8-5-4-6-9-20/h3-6,8-11,16,21,26H,1,7,12-15,17-18H2,2H3/p+1/t21-/m0/s1. The lowest BCUT2D eigenvalue weighted by Gasteiger charge is -2.34. The van der Waals surface area contributed by atoms with Gasteiger partial charge in [0.05, 0.1) is 33.3 Å². The zero-order chi connectivity index (χ0) is 19.8. The van der Waals surface area contributed by atoms with E-state index in [4.69, 9.17) is 9.47 Å². The van der Waals surface area contributed by atoms with Gasteiger partial charge in [0.25, 0.3) is 0 Å². The minimum Gasteiger partial charge on any atom is -0.493 e. The van der Waals surface area contributed by atoms with Crippen LogP contribution in [0, 0.1) is 0 Å². The highest BCUT2D eigenvalue weighted by atomic mass is 16.5. The van der Waals surface area contributed by atoms with Gasteiger partial charge in [-0.25, -0.2) is 0 Å². The first-order valence-electron chi connectivity index (χ1n) is 9.92. The summed E-state index contributed by atoms with van der Waals surface area (Å²) in [7, 11) is 1.63. The summed E-state index contributed by atoms with van der Waals surface area (Å²) >= 11 is 0. The number of ether oxygens (including phenoxy) is 2. The van der Waals surface area contributed by atoms with E-state index in [0.29, 0.717) is 18.0 Å². The maximum absolute atomic E-state index is 10.4. The van der Waals surface area contributed by atoms with Crippen LogP contribution < -0.4 is 19.3 Å². The number of piperazine rings is 1. The van der Waals surface area contributed by atoms with Crippen molar-refractivity contribution >= 4 is 5.69 Å². The Balaban J connectivity index is 1.45. The quantitative estimate of drug-likeness (QED) is 0.646. The first-order valence-corrected chi connectivity index (χ1v) is 9.92. The number of hydrogen-bond donors (Lipinski definition) is 2. The molecule has 0 aliphatic carbocycles. The molecule has 1 atom stereocenters. The molecule has 2 N–H and O–H groups in total. The normalized spacial score (nSPS) is 15.9. The summed E-state index contributed by atoms with van der Waals surface area (Å²) in [5, 5.41) is 10.4. The zero-order valence-corrected chi connectivity index (χ0v) is 16.6. The van der Waals surface area contributed by atoms with Crippen molar-refractivity contribution in [3.8, 4) is 11.5 Å². The lowest BCUT2D eigenvalue weighted by atomic mass is 10.1. The number of quaternary nitrogens is 1. The highest BCUT2D eigenvalue weighted by Crippen LogP contribution is 2.28. The predicted octanol–water partition coefficient (Wildman–Crippen LogP) is 1.57. The first-order chi connectivity index (χ1) is 13.7. The number of aliphatic hydroxyl groups is 1. The van der Waals surface area contributed by atoms with Gasteiger partial charge in [0.1, 0.15) is 19.3 Å². The van der Waals surface area contributed by atoms with Crippen LogP contribution in [-0.4, -0.2) is 57.7 Å². The average Bonchev–Trinajstić information content (AvgIpc) is 2.74. The third kappa shape index (κ3) is 5.50. The molecule has 150 valence electrons. The lowest BCUT2D eigenvalue weighted by molar-refractivity contribution is -0.903. The smallest absolute Gasteiger partial charge is 0.161 e. The Morgan fingerprint density at radius 2 is 1.89 bits per heavy atom. The van der Waals surface area contributed by atoms with Crippen LogP contribution in [0.3, 0.4) is 0 Å². The maximum atomic E-state index is 10.4. The van der Waals surface area contributed by atoms with Crippen LogP contribution in [0.1, 0.15) is 5.56 Å². The van der Waals surface area contributed by atoms with Gasteiger partial charge in [0.2, 0.25) is 0 Å². The molecular weight excluding hydrogens is 352 g/mol. The number of methoxy groups -OCH3 is 1. The monoisotopic (exact) mass is 383 g/mol. The number of para-hydroxylation sites is 1. The Bertz CT molecular complexity index is 743. The van der Waals surface area contributed by atoms with E-state index in [9.17, 15) is 5.11 Å². The van der Waals surface area contributed by atoms with Gasteiger partial charge in [-0.3, -0.25) is 0 Å². The Kier molecular flexibility index (Phi) is 7.34. The molecule has 1 saturated heterocycles. The molecule has 2 aromatic carbocycles. The third-order valence-corrected chi connectivity index (χ3v) is 5.16. The van der Waals surface area contributed by atoms with Crippen LogP contribution >= 0.6 is 0 Å². The zero-order valence-electron chi connectivity index (χ0n) is 16.6. The van der Waals surface area contributed by atoms with E-state index in [0.717, 1.165) is 38.2 Å². The lowest BCUT2D eigenvalue weighted by Crippen LogP contribution is -3.16. The molecule has 0 unspecified atom stereocenters. The Labute approximate surface area is 167 Å². The minimum absolute atomic E-state index is 0.267. The summed E-state index contributed by atoms with van der Waals surface area (Å²) < 4.78 is 11.2. The molecule has 1 aliphatic rings. The van der Waals surface area contributed by atoms with E-state index < -0.39 is 6.10 Å². The van der Waals surface area contributed by atoms with E-state index >= 15 is 0 Å². The molecule has 28 heavy (non-hydrogen) atoms. The fraction of sp³-hybridized carbons (Fsp3) is 0.391. The Morgan fingerprint density at radius 3 is 2.57 bits per heavy atom. The Hall–Kier alpha value is -2.50. The van der Waals surface area contributed by atoms with Crippen LogP contribution in [0.2, 0.25) is 0 Å². The topological polar surface area (TPSA) is 46.4 Å². The molecule has 3 rings (SSSR count). The van der Waals surface area contributed by atoms with E-state index in [1.165, 1.54) is 10.6 Å². The molecule has 1 fully saturated rings. The molecule has 1 aliphatic heterocycles. The first kappa shape index (κ1) is 20.2. The summed E-state index contributed by atoms with van der Waals surface area (Å²) in [4.78, 5) is 3.82. The summed E-state index contributed by atoms with van der Waals surface area (Å²) in [6.07, 6.45) is 2.15. The number of rotatable bonds is 9. The van der Waals surface area contributed by atoms with Crippen LogP contribution in [0.5, 0.6) is 11.5 Å². The van der Waals surface area contributed by atoms with Crippen LogP contribution in [0.15, 0.2) is 61.2 Å². The molecule has 0 spiro atoms. The number of hydrogen-bond acceptors (Lipinski definition) is 4. The van der Waals surface area contributed by atoms with E-state index in [-0.39, 0.29) is 6.61 Å². The molecule has 1 heterocycles. The van der Waals surface area contributed by atoms with Gasteiger partial charge >= 0.3 is 0 Å². The largest absolute Gasteiger partial charge is 0.493 e. The number of benzene rings is 2. The minimum atomic E-state index is -0.504. The van der Waals surface area contributed by atoms with Gasteiger partial charge in [0, 0.05) is 5.69 Å². The molecule has 2 aromatic rings. The molecule has 0 saturated carbocycles. The predicted molar refractivity (Wildman–Crippen MR) is 113 cm³/mol. The molecule has 5 nitrogen and oxygen atoms in total. The second-order valence-electron chi connectivity index (χ2n) is 7.22. The van der Waals surface area contributed by atoms with Gasteiger partial charge in [-0.15, -0.1) is 6.58 Å². The second kappa shape index (κ2) is 10.2. The fourth-order valence-corrected chi connectivity index (χ4v) is 3.63. The van der Waals surface area contributed by atoms with Gasteiger partial charge < -0.3 is 24.4 Å².